The molecule has 1 aromatic rings. The molecule has 0 aliphatic heterocycles. The molecule has 21 heavy (non-hydrogen) atoms. The Balaban J connectivity index is 1.71. The summed E-state index contributed by atoms with van der Waals surface area (Å²) in [7, 11) is 0. The summed E-state index contributed by atoms with van der Waals surface area (Å²) >= 11 is 0. The molecule has 1 atom stereocenters. The third-order valence-electron chi connectivity index (χ3n) is 5.58. The van der Waals surface area contributed by atoms with Crippen molar-refractivity contribution in [1.29, 1.82) is 0 Å². The van der Waals surface area contributed by atoms with Crippen LogP contribution in [0, 0.1) is 5.92 Å². The van der Waals surface area contributed by atoms with Crippen molar-refractivity contribution in [2.75, 3.05) is 13.2 Å². The second-order valence-electron chi connectivity index (χ2n) is 7.16. The molecule has 1 saturated carbocycles. The molecule has 116 valence electrons. The smallest absolute Gasteiger partial charge is 0.0772 e. The van der Waals surface area contributed by atoms with E-state index in [1.165, 1.54) is 11.1 Å². The number of hydrogen-bond acceptors (Lipinski definition) is 3. The highest BCUT2D eigenvalue weighted by Crippen LogP contribution is 2.38. The van der Waals surface area contributed by atoms with E-state index in [0.717, 1.165) is 44.4 Å². The van der Waals surface area contributed by atoms with E-state index in [2.05, 4.69) is 30.4 Å². The van der Waals surface area contributed by atoms with Crippen LogP contribution in [-0.4, -0.2) is 29.0 Å². The average Bonchev–Trinajstić information content (AvgIpc) is 2.89. The van der Waals surface area contributed by atoms with Crippen LogP contribution in [0.15, 0.2) is 24.3 Å². The van der Waals surface area contributed by atoms with Gasteiger partial charge in [-0.05, 0) is 55.6 Å². The fourth-order valence-corrected chi connectivity index (χ4v) is 3.90. The van der Waals surface area contributed by atoms with E-state index in [4.69, 9.17) is 0 Å². The largest absolute Gasteiger partial charge is 0.394 e. The summed E-state index contributed by atoms with van der Waals surface area (Å²) in [5.74, 6) is 0.726. The SMILES string of the molecule is CC1CCC(O)(CNC2(CO)CCc3ccccc32)CC1. The average molecular weight is 289 g/mol. The molecule has 0 aromatic heterocycles. The van der Waals surface area contributed by atoms with E-state index >= 15 is 0 Å². The summed E-state index contributed by atoms with van der Waals surface area (Å²) in [6.07, 6.45) is 5.84. The van der Waals surface area contributed by atoms with Gasteiger partial charge >= 0.3 is 0 Å². The van der Waals surface area contributed by atoms with Gasteiger partial charge in [0.05, 0.1) is 17.7 Å². The zero-order valence-electron chi connectivity index (χ0n) is 12.9. The van der Waals surface area contributed by atoms with Crippen molar-refractivity contribution in [1.82, 2.24) is 5.32 Å². The molecule has 2 aliphatic rings. The number of benzene rings is 1. The lowest BCUT2D eigenvalue weighted by Crippen LogP contribution is -2.52. The number of nitrogens with one attached hydrogen (secondary N) is 1. The maximum absolute atomic E-state index is 10.8. The molecule has 0 bridgehead atoms. The first-order valence-corrected chi connectivity index (χ1v) is 8.24. The van der Waals surface area contributed by atoms with E-state index < -0.39 is 5.60 Å². The number of rotatable bonds is 4. The maximum atomic E-state index is 10.8. The van der Waals surface area contributed by atoms with Crippen molar-refractivity contribution in [2.24, 2.45) is 5.92 Å². The minimum Gasteiger partial charge on any atom is -0.394 e. The lowest BCUT2D eigenvalue weighted by molar-refractivity contribution is -0.0163. The standard InChI is InChI=1S/C18H27NO2/c1-14-6-9-17(21,10-7-14)12-19-18(13-20)11-8-15-4-2-3-5-16(15)18/h2-5,14,19-21H,6-13H2,1H3. The highest BCUT2D eigenvalue weighted by atomic mass is 16.3. The third kappa shape index (κ3) is 2.87. The lowest BCUT2D eigenvalue weighted by Gasteiger charge is -2.39. The zero-order valence-corrected chi connectivity index (χ0v) is 12.9. The van der Waals surface area contributed by atoms with Gasteiger partial charge in [0, 0.05) is 6.54 Å². The normalized spacial score (nSPS) is 35.7. The predicted molar refractivity (Wildman–Crippen MR) is 84.1 cm³/mol. The molecular formula is C18H27NO2. The van der Waals surface area contributed by atoms with E-state index in [9.17, 15) is 10.2 Å². The second-order valence-corrected chi connectivity index (χ2v) is 7.16. The minimum atomic E-state index is -0.605. The van der Waals surface area contributed by atoms with E-state index in [1.54, 1.807) is 0 Å². The molecule has 3 N–H and O–H groups in total. The monoisotopic (exact) mass is 289 g/mol. The fourth-order valence-electron chi connectivity index (χ4n) is 3.90. The molecule has 3 nitrogen and oxygen atoms in total. The Morgan fingerprint density at radius 2 is 1.90 bits per heavy atom. The highest BCUT2D eigenvalue weighted by Gasteiger charge is 2.40. The summed E-state index contributed by atoms with van der Waals surface area (Å²) in [4.78, 5) is 0. The molecule has 2 aliphatic carbocycles. The van der Waals surface area contributed by atoms with Crippen molar-refractivity contribution in [3.8, 4) is 0 Å². The molecule has 0 radical (unpaired) electrons. The van der Waals surface area contributed by atoms with Gasteiger partial charge in [0.2, 0.25) is 0 Å². The number of aliphatic hydroxyl groups is 2. The molecule has 3 heteroatoms. The molecule has 0 heterocycles. The summed E-state index contributed by atoms with van der Waals surface area (Å²) in [6.45, 7) is 2.93. The maximum Gasteiger partial charge on any atom is 0.0772 e. The van der Waals surface area contributed by atoms with Crippen LogP contribution in [-0.2, 0) is 12.0 Å². The van der Waals surface area contributed by atoms with Crippen LogP contribution in [0.25, 0.3) is 0 Å². The van der Waals surface area contributed by atoms with Crippen LogP contribution in [0.1, 0.15) is 50.2 Å². The molecule has 1 fully saturated rings. The van der Waals surface area contributed by atoms with Gasteiger partial charge < -0.3 is 15.5 Å². The highest BCUT2D eigenvalue weighted by molar-refractivity contribution is 5.39. The summed E-state index contributed by atoms with van der Waals surface area (Å²) in [5, 5.41) is 24.3. The first-order valence-electron chi connectivity index (χ1n) is 8.24. The molecule has 3 rings (SSSR count). The van der Waals surface area contributed by atoms with Gasteiger partial charge in [0.1, 0.15) is 0 Å². The van der Waals surface area contributed by atoms with Crippen LogP contribution in [0.5, 0.6) is 0 Å². The van der Waals surface area contributed by atoms with Crippen molar-refractivity contribution in [3.05, 3.63) is 35.4 Å². The minimum absolute atomic E-state index is 0.0937. The van der Waals surface area contributed by atoms with E-state index in [-0.39, 0.29) is 12.1 Å². The Kier molecular flexibility index (Phi) is 4.08. The van der Waals surface area contributed by atoms with Crippen molar-refractivity contribution in [2.45, 2.75) is 56.6 Å². The summed E-state index contributed by atoms with van der Waals surface area (Å²) < 4.78 is 0. The van der Waals surface area contributed by atoms with Crippen molar-refractivity contribution in [3.63, 3.8) is 0 Å². The van der Waals surface area contributed by atoms with E-state index in [1.807, 2.05) is 6.07 Å². The zero-order chi connectivity index (χ0) is 14.9. The Hall–Kier alpha value is -0.900. The van der Waals surface area contributed by atoms with Gasteiger partial charge in [-0.25, -0.2) is 0 Å². The molecule has 0 spiro atoms. The first kappa shape index (κ1) is 15.0. The van der Waals surface area contributed by atoms with Gasteiger partial charge in [-0.1, -0.05) is 31.2 Å². The Morgan fingerprint density at radius 1 is 1.19 bits per heavy atom. The van der Waals surface area contributed by atoms with Crippen molar-refractivity contribution < 1.29 is 10.2 Å². The van der Waals surface area contributed by atoms with Gasteiger partial charge in [-0.15, -0.1) is 0 Å². The molecule has 0 amide bonds. The number of aliphatic hydroxyl groups excluding tert-OH is 1. The van der Waals surface area contributed by atoms with Crippen LogP contribution >= 0.6 is 0 Å². The quantitative estimate of drug-likeness (QED) is 0.797. The van der Waals surface area contributed by atoms with Crippen LogP contribution < -0.4 is 5.32 Å². The van der Waals surface area contributed by atoms with Gasteiger partial charge in [0.15, 0.2) is 0 Å². The van der Waals surface area contributed by atoms with Crippen molar-refractivity contribution >= 4 is 0 Å². The lowest BCUT2D eigenvalue weighted by atomic mass is 9.79. The molecular weight excluding hydrogens is 262 g/mol. The summed E-state index contributed by atoms with van der Waals surface area (Å²) in [5.41, 5.74) is 1.56. The predicted octanol–water partition coefficient (Wildman–Crippen LogP) is 2.35. The van der Waals surface area contributed by atoms with Crippen LogP contribution in [0.3, 0.4) is 0 Å². The number of hydrogen-bond donors (Lipinski definition) is 3. The van der Waals surface area contributed by atoms with Gasteiger partial charge in [-0.3, -0.25) is 0 Å². The van der Waals surface area contributed by atoms with Crippen LogP contribution in [0.2, 0.25) is 0 Å². The van der Waals surface area contributed by atoms with E-state index in [0.29, 0.717) is 6.54 Å². The number of fused-ring (bicyclic) bond motifs is 1. The molecule has 0 saturated heterocycles. The first-order chi connectivity index (χ1) is 10.1. The third-order valence-corrected chi connectivity index (χ3v) is 5.58. The second kappa shape index (κ2) is 5.71. The molecule has 1 unspecified atom stereocenters. The van der Waals surface area contributed by atoms with Gasteiger partial charge in [-0.2, -0.15) is 0 Å². The number of aryl methyl sites for hydroxylation is 1. The van der Waals surface area contributed by atoms with Gasteiger partial charge in [0.25, 0.3) is 0 Å². The summed E-state index contributed by atoms with van der Waals surface area (Å²) in [6, 6.07) is 8.35. The Morgan fingerprint density at radius 3 is 2.62 bits per heavy atom. The fraction of sp³-hybridized carbons (Fsp3) is 0.667. The van der Waals surface area contributed by atoms with Crippen LogP contribution in [0.4, 0.5) is 0 Å². The Bertz CT molecular complexity index is 494. The molecule has 1 aromatic carbocycles. The topological polar surface area (TPSA) is 52.5 Å². The Labute approximate surface area is 127 Å².